The van der Waals surface area contributed by atoms with Gasteiger partial charge in [0.2, 0.25) is 5.91 Å². The summed E-state index contributed by atoms with van der Waals surface area (Å²) in [5.74, 6) is -0.191. The highest BCUT2D eigenvalue weighted by Gasteiger charge is 2.10. The molecule has 1 heterocycles. The molecule has 76 valence electrons. The molecule has 0 unspecified atom stereocenters. The smallest absolute Gasteiger partial charge is 0.241 e. The highest BCUT2D eigenvalue weighted by Crippen LogP contribution is 2.16. The minimum absolute atomic E-state index is 0.191. The highest BCUT2D eigenvalue weighted by atomic mass is 16.2. The number of rotatable bonds is 2. The Morgan fingerprint density at radius 1 is 1.57 bits per heavy atom. The molecule has 0 aliphatic rings. The van der Waals surface area contributed by atoms with Crippen LogP contribution in [-0.2, 0) is 4.79 Å². The number of hydrogen-bond donors (Lipinski definition) is 2. The number of anilines is 1. The van der Waals surface area contributed by atoms with Crippen LogP contribution in [0.1, 0.15) is 18.2 Å². The van der Waals surface area contributed by atoms with Crippen LogP contribution in [0, 0.1) is 13.8 Å². The van der Waals surface area contributed by atoms with Crippen molar-refractivity contribution in [3.8, 4) is 0 Å². The summed E-state index contributed by atoms with van der Waals surface area (Å²) in [6, 6.07) is 1.35. The molecular formula is C10H15N3O. The van der Waals surface area contributed by atoms with Crippen molar-refractivity contribution in [1.82, 2.24) is 4.98 Å². The van der Waals surface area contributed by atoms with Crippen LogP contribution in [0.2, 0.25) is 0 Å². The van der Waals surface area contributed by atoms with Crippen LogP contribution in [0.25, 0.3) is 0 Å². The van der Waals surface area contributed by atoms with Crippen molar-refractivity contribution in [2.75, 3.05) is 5.32 Å². The van der Waals surface area contributed by atoms with Gasteiger partial charge in [-0.2, -0.15) is 0 Å². The standard InChI is InChI=1S/C10H15N3O/c1-6-4-5-12-8(3)9(6)13-10(14)7(2)11/h4-5,7H,11H2,1-3H3,(H,13,14)/t7-/m0/s1. The van der Waals surface area contributed by atoms with Gasteiger partial charge in [0.15, 0.2) is 0 Å². The summed E-state index contributed by atoms with van der Waals surface area (Å²) in [6.07, 6.45) is 1.71. The number of carbonyl (C=O) groups is 1. The number of amides is 1. The maximum absolute atomic E-state index is 11.4. The van der Waals surface area contributed by atoms with Gasteiger partial charge in [-0.1, -0.05) is 0 Å². The Morgan fingerprint density at radius 3 is 2.71 bits per heavy atom. The fourth-order valence-electron chi connectivity index (χ4n) is 1.12. The number of carbonyl (C=O) groups excluding carboxylic acids is 1. The Kier molecular flexibility index (Phi) is 3.19. The van der Waals surface area contributed by atoms with E-state index in [-0.39, 0.29) is 5.91 Å². The molecular weight excluding hydrogens is 178 g/mol. The van der Waals surface area contributed by atoms with Gasteiger partial charge in [-0.25, -0.2) is 0 Å². The average molecular weight is 193 g/mol. The molecule has 0 radical (unpaired) electrons. The average Bonchev–Trinajstić information content (AvgIpc) is 2.11. The van der Waals surface area contributed by atoms with Gasteiger partial charge in [-0.3, -0.25) is 9.78 Å². The molecule has 0 saturated carbocycles. The van der Waals surface area contributed by atoms with Gasteiger partial charge in [0.25, 0.3) is 0 Å². The lowest BCUT2D eigenvalue weighted by molar-refractivity contribution is -0.117. The first-order valence-corrected chi connectivity index (χ1v) is 4.51. The SMILES string of the molecule is Cc1ccnc(C)c1NC(=O)[C@H](C)N. The van der Waals surface area contributed by atoms with E-state index < -0.39 is 6.04 Å². The second-order valence-electron chi connectivity index (χ2n) is 3.37. The van der Waals surface area contributed by atoms with Gasteiger partial charge in [0.1, 0.15) is 0 Å². The van der Waals surface area contributed by atoms with Crippen LogP contribution < -0.4 is 11.1 Å². The maximum atomic E-state index is 11.4. The minimum atomic E-state index is -0.506. The molecule has 3 N–H and O–H groups in total. The molecule has 0 aromatic carbocycles. The van der Waals surface area contributed by atoms with Gasteiger partial charge in [0.05, 0.1) is 17.4 Å². The topological polar surface area (TPSA) is 68.0 Å². The second kappa shape index (κ2) is 4.19. The van der Waals surface area contributed by atoms with Gasteiger partial charge >= 0.3 is 0 Å². The van der Waals surface area contributed by atoms with Gasteiger partial charge in [-0.15, -0.1) is 0 Å². The molecule has 1 amide bonds. The lowest BCUT2D eigenvalue weighted by Crippen LogP contribution is -2.33. The first-order valence-electron chi connectivity index (χ1n) is 4.51. The quantitative estimate of drug-likeness (QED) is 0.735. The predicted molar refractivity (Wildman–Crippen MR) is 56.0 cm³/mol. The zero-order valence-electron chi connectivity index (χ0n) is 8.66. The van der Waals surface area contributed by atoms with Crippen molar-refractivity contribution in [1.29, 1.82) is 0 Å². The van der Waals surface area contributed by atoms with E-state index in [0.29, 0.717) is 0 Å². The summed E-state index contributed by atoms with van der Waals surface area (Å²) in [5.41, 5.74) is 8.01. The number of nitrogens with one attached hydrogen (secondary N) is 1. The van der Waals surface area contributed by atoms with E-state index in [0.717, 1.165) is 16.9 Å². The normalized spacial score (nSPS) is 12.3. The molecule has 4 heteroatoms. The summed E-state index contributed by atoms with van der Waals surface area (Å²) in [6.45, 7) is 5.42. The third-order valence-electron chi connectivity index (χ3n) is 2.01. The molecule has 1 aromatic rings. The third-order valence-corrected chi connectivity index (χ3v) is 2.01. The lowest BCUT2D eigenvalue weighted by atomic mass is 10.2. The monoisotopic (exact) mass is 193 g/mol. The summed E-state index contributed by atoms with van der Waals surface area (Å²) >= 11 is 0. The molecule has 0 aliphatic carbocycles. The Hall–Kier alpha value is -1.42. The number of nitrogens with zero attached hydrogens (tertiary/aromatic N) is 1. The van der Waals surface area contributed by atoms with Crippen molar-refractivity contribution in [2.45, 2.75) is 26.8 Å². The Labute approximate surface area is 83.5 Å². The molecule has 1 atom stereocenters. The Balaban J connectivity index is 2.91. The van der Waals surface area contributed by atoms with Gasteiger partial charge in [-0.05, 0) is 32.4 Å². The summed E-state index contributed by atoms with van der Waals surface area (Å²) in [7, 11) is 0. The van der Waals surface area contributed by atoms with Gasteiger partial charge in [0, 0.05) is 6.20 Å². The first kappa shape index (κ1) is 10.7. The van der Waals surface area contributed by atoms with E-state index >= 15 is 0 Å². The Bertz CT molecular complexity index is 327. The van der Waals surface area contributed by atoms with Crippen LogP contribution in [0.5, 0.6) is 0 Å². The van der Waals surface area contributed by atoms with Crippen molar-refractivity contribution in [3.05, 3.63) is 23.5 Å². The fourth-order valence-corrected chi connectivity index (χ4v) is 1.12. The van der Waals surface area contributed by atoms with E-state index in [1.807, 2.05) is 19.9 Å². The number of aromatic nitrogens is 1. The largest absolute Gasteiger partial charge is 0.323 e. The molecule has 1 aromatic heterocycles. The highest BCUT2D eigenvalue weighted by molar-refractivity contribution is 5.95. The molecule has 1 rings (SSSR count). The maximum Gasteiger partial charge on any atom is 0.241 e. The van der Waals surface area contributed by atoms with Crippen LogP contribution in [0.15, 0.2) is 12.3 Å². The van der Waals surface area contributed by atoms with Crippen molar-refractivity contribution >= 4 is 11.6 Å². The molecule has 4 nitrogen and oxygen atoms in total. The molecule has 0 spiro atoms. The second-order valence-corrected chi connectivity index (χ2v) is 3.37. The zero-order chi connectivity index (χ0) is 10.7. The summed E-state index contributed by atoms with van der Waals surface area (Å²) in [4.78, 5) is 15.4. The van der Waals surface area contributed by atoms with E-state index in [2.05, 4.69) is 10.3 Å². The van der Waals surface area contributed by atoms with Crippen molar-refractivity contribution < 1.29 is 4.79 Å². The molecule has 0 bridgehead atoms. The molecule has 14 heavy (non-hydrogen) atoms. The fraction of sp³-hybridized carbons (Fsp3) is 0.400. The molecule has 0 aliphatic heterocycles. The predicted octanol–water partition coefficient (Wildman–Crippen LogP) is 0.984. The minimum Gasteiger partial charge on any atom is -0.323 e. The van der Waals surface area contributed by atoms with Crippen molar-refractivity contribution in [3.63, 3.8) is 0 Å². The zero-order valence-corrected chi connectivity index (χ0v) is 8.66. The summed E-state index contributed by atoms with van der Waals surface area (Å²) < 4.78 is 0. The van der Waals surface area contributed by atoms with Gasteiger partial charge < -0.3 is 11.1 Å². The molecule has 0 saturated heterocycles. The van der Waals surface area contributed by atoms with Crippen LogP contribution in [-0.4, -0.2) is 16.9 Å². The number of hydrogen-bond acceptors (Lipinski definition) is 3. The number of pyridine rings is 1. The van der Waals surface area contributed by atoms with E-state index in [9.17, 15) is 4.79 Å². The van der Waals surface area contributed by atoms with Crippen LogP contribution in [0.4, 0.5) is 5.69 Å². The van der Waals surface area contributed by atoms with Crippen LogP contribution >= 0.6 is 0 Å². The van der Waals surface area contributed by atoms with Crippen molar-refractivity contribution in [2.24, 2.45) is 5.73 Å². The van der Waals surface area contributed by atoms with E-state index in [1.165, 1.54) is 0 Å². The number of nitrogens with two attached hydrogens (primary N) is 1. The summed E-state index contributed by atoms with van der Waals surface area (Å²) in [5, 5.41) is 2.75. The number of aryl methyl sites for hydroxylation is 2. The Morgan fingerprint density at radius 2 is 2.21 bits per heavy atom. The molecule has 0 fully saturated rings. The van der Waals surface area contributed by atoms with E-state index in [4.69, 9.17) is 5.73 Å². The third kappa shape index (κ3) is 2.29. The first-order chi connectivity index (χ1) is 6.52. The van der Waals surface area contributed by atoms with E-state index in [1.54, 1.807) is 13.1 Å². The lowest BCUT2D eigenvalue weighted by Gasteiger charge is -2.11. The van der Waals surface area contributed by atoms with Crippen LogP contribution in [0.3, 0.4) is 0 Å².